The summed E-state index contributed by atoms with van der Waals surface area (Å²) in [7, 11) is 3.23. The molecule has 4 rings (SSSR count). The zero-order chi connectivity index (χ0) is 17.9. The SMILES string of the molecule is Clc1ccc(-c2cc(SSc3cc(-c4ccc(Cl)cc4)sn3)ns2)cc1. The minimum Gasteiger partial charge on any atom is -0.185 e. The molecule has 2 aromatic heterocycles. The highest BCUT2D eigenvalue weighted by molar-refractivity contribution is 8.76. The van der Waals surface area contributed by atoms with E-state index in [1.54, 1.807) is 21.6 Å². The molecule has 0 bridgehead atoms. The summed E-state index contributed by atoms with van der Waals surface area (Å²) in [5.74, 6) is 0. The molecule has 0 spiro atoms. The van der Waals surface area contributed by atoms with Crippen LogP contribution in [-0.4, -0.2) is 8.75 Å². The van der Waals surface area contributed by atoms with Crippen molar-refractivity contribution in [3.63, 3.8) is 0 Å². The van der Waals surface area contributed by atoms with Crippen LogP contribution in [0.15, 0.2) is 70.7 Å². The Labute approximate surface area is 177 Å². The van der Waals surface area contributed by atoms with Crippen molar-refractivity contribution < 1.29 is 0 Å². The molecule has 8 heteroatoms. The van der Waals surface area contributed by atoms with E-state index in [2.05, 4.69) is 20.9 Å². The van der Waals surface area contributed by atoms with Crippen LogP contribution in [0, 0.1) is 0 Å². The topological polar surface area (TPSA) is 25.8 Å². The molecule has 0 atom stereocenters. The summed E-state index contributed by atoms with van der Waals surface area (Å²) in [6.45, 7) is 0. The maximum absolute atomic E-state index is 5.94. The molecule has 2 nitrogen and oxygen atoms in total. The standard InChI is InChI=1S/C18H10Cl2N2S4/c19-13-5-1-11(2-6-13)15-9-17(21-23-15)25-26-18-10-16(24-22-18)12-3-7-14(20)8-4-12/h1-10H. The second kappa shape index (κ2) is 8.33. The quantitative estimate of drug-likeness (QED) is 0.286. The molecule has 0 fully saturated rings. The summed E-state index contributed by atoms with van der Waals surface area (Å²) < 4.78 is 9.03. The van der Waals surface area contributed by atoms with E-state index in [-0.39, 0.29) is 0 Å². The van der Waals surface area contributed by atoms with Gasteiger partial charge >= 0.3 is 0 Å². The Morgan fingerprint density at radius 2 is 1.00 bits per heavy atom. The van der Waals surface area contributed by atoms with E-state index in [9.17, 15) is 0 Å². The van der Waals surface area contributed by atoms with Gasteiger partial charge < -0.3 is 0 Å². The molecule has 2 aromatic carbocycles. The van der Waals surface area contributed by atoms with Crippen LogP contribution < -0.4 is 0 Å². The molecular formula is C18H10Cl2N2S4. The predicted octanol–water partition coefficient (Wildman–Crippen LogP) is 8.04. The highest BCUT2D eigenvalue weighted by Gasteiger charge is 2.09. The van der Waals surface area contributed by atoms with Crippen molar-refractivity contribution in [2.75, 3.05) is 0 Å². The molecular weight excluding hydrogens is 443 g/mol. The molecule has 0 saturated heterocycles. The minimum atomic E-state index is 0.739. The summed E-state index contributed by atoms with van der Waals surface area (Å²) in [6.07, 6.45) is 0. The first-order valence-electron chi connectivity index (χ1n) is 7.47. The van der Waals surface area contributed by atoms with Crippen molar-refractivity contribution in [3.8, 4) is 20.9 Å². The minimum absolute atomic E-state index is 0.739. The van der Waals surface area contributed by atoms with Crippen LogP contribution in [0.25, 0.3) is 20.9 Å². The van der Waals surface area contributed by atoms with Crippen LogP contribution in [0.1, 0.15) is 0 Å². The zero-order valence-corrected chi connectivity index (χ0v) is 17.8. The number of hydrogen-bond acceptors (Lipinski definition) is 6. The summed E-state index contributed by atoms with van der Waals surface area (Å²) in [5.41, 5.74) is 2.25. The van der Waals surface area contributed by atoms with Gasteiger partial charge in [0.05, 0.1) is 9.75 Å². The van der Waals surface area contributed by atoms with Crippen LogP contribution in [-0.2, 0) is 0 Å². The predicted molar refractivity (Wildman–Crippen MR) is 117 cm³/mol. The highest BCUT2D eigenvalue weighted by atomic mass is 35.5. The third-order valence-electron chi connectivity index (χ3n) is 3.45. The second-order valence-electron chi connectivity index (χ2n) is 5.24. The third kappa shape index (κ3) is 4.44. The molecule has 0 saturated carbocycles. The number of halogens is 2. The van der Waals surface area contributed by atoms with Crippen molar-refractivity contribution >= 4 is 67.9 Å². The molecule has 2 heterocycles. The Kier molecular flexibility index (Phi) is 5.88. The van der Waals surface area contributed by atoms with Crippen molar-refractivity contribution in [2.24, 2.45) is 0 Å². The van der Waals surface area contributed by atoms with Crippen molar-refractivity contribution in [3.05, 3.63) is 70.7 Å². The Bertz CT molecular complexity index is 927. The van der Waals surface area contributed by atoms with Gasteiger partial charge in [-0.1, -0.05) is 47.5 Å². The molecule has 0 aliphatic rings. The van der Waals surface area contributed by atoms with Crippen LogP contribution in [0.3, 0.4) is 0 Å². The van der Waals surface area contributed by atoms with Crippen molar-refractivity contribution in [1.29, 1.82) is 0 Å². The van der Waals surface area contributed by atoms with E-state index in [0.29, 0.717) is 0 Å². The zero-order valence-electron chi connectivity index (χ0n) is 13.1. The van der Waals surface area contributed by atoms with E-state index < -0.39 is 0 Å². The van der Waals surface area contributed by atoms with Gasteiger partial charge in [0.1, 0.15) is 10.1 Å². The number of benzene rings is 2. The average Bonchev–Trinajstić information content (AvgIpc) is 3.31. The normalized spacial score (nSPS) is 11.0. The first-order valence-corrected chi connectivity index (χ1v) is 11.9. The fourth-order valence-corrected chi connectivity index (χ4v) is 6.20. The Morgan fingerprint density at radius 3 is 1.38 bits per heavy atom. The lowest BCUT2D eigenvalue weighted by Gasteiger charge is -1.96. The first kappa shape index (κ1) is 18.3. The lowest BCUT2D eigenvalue weighted by molar-refractivity contribution is 1.29. The second-order valence-corrected chi connectivity index (χ2v) is 9.89. The number of rotatable bonds is 5. The highest BCUT2D eigenvalue weighted by Crippen LogP contribution is 2.41. The molecule has 0 amide bonds. The van der Waals surface area contributed by atoms with E-state index in [1.807, 2.05) is 48.5 Å². The Hall–Kier alpha value is -1.02. The van der Waals surface area contributed by atoms with E-state index in [0.717, 1.165) is 41.0 Å². The van der Waals surface area contributed by atoms with E-state index >= 15 is 0 Å². The van der Waals surface area contributed by atoms with Gasteiger partial charge in [-0.3, -0.25) is 0 Å². The van der Waals surface area contributed by atoms with Gasteiger partial charge in [-0.25, -0.2) is 0 Å². The fourth-order valence-electron chi connectivity index (χ4n) is 2.18. The lowest BCUT2D eigenvalue weighted by atomic mass is 10.2. The van der Waals surface area contributed by atoms with Gasteiger partial charge in [0.15, 0.2) is 0 Å². The van der Waals surface area contributed by atoms with Crippen LogP contribution in [0.2, 0.25) is 10.0 Å². The summed E-state index contributed by atoms with van der Waals surface area (Å²) >= 11 is 14.9. The maximum Gasteiger partial charge on any atom is 0.121 e. The van der Waals surface area contributed by atoms with Crippen LogP contribution in [0.4, 0.5) is 0 Å². The number of nitrogens with zero attached hydrogens (tertiary/aromatic N) is 2. The Balaban J connectivity index is 1.42. The van der Waals surface area contributed by atoms with Gasteiger partial charge in [0, 0.05) is 10.0 Å². The van der Waals surface area contributed by atoms with Gasteiger partial charge in [0.25, 0.3) is 0 Å². The molecule has 0 aliphatic carbocycles. The lowest BCUT2D eigenvalue weighted by Crippen LogP contribution is -1.71. The number of aromatic nitrogens is 2. The molecule has 0 radical (unpaired) electrons. The first-order chi connectivity index (χ1) is 12.7. The fraction of sp³-hybridized carbons (Fsp3) is 0. The smallest absolute Gasteiger partial charge is 0.121 e. The molecule has 0 aliphatic heterocycles. The molecule has 0 N–H and O–H groups in total. The number of hydrogen-bond donors (Lipinski definition) is 0. The molecule has 4 aromatic rings. The van der Waals surface area contributed by atoms with E-state index in [4.69, 9.17) is 23.2 Å². The average molecular weight is 453 g/mol. The summed E-state index contributed by atoms with van der Waals surface area (Å²) in [5, 5.41) is 3.43. The summed E-state index contributed by atoms with van der Waals surface area (Å²) in [4.78, 5) is 2.26. The van der Waals surface area contributed by atoms with Crippen LogP contribution in [0.5, 0.6) is 0 Å². The van der Waals surface area contributed by atoms with Crippen LogP contribution >= 0.6 is 67.9 Å². The monoisotopic (exact) mass is 452 g/mol. The van der Waals surface area contributed by atoms with Gasteiger partial charge in [-0.2, -0.15) is 8.75 Å². The van der Waals surface area contributed by atoms with E-state index in [1.165, 1.54) is 23.1 Å². The van der Waals surface area contributed by atoms with Crippen molar-refractivity contribution in [1.82, 2.24) is 8.75 Å². The molecule has 26 heavy (non-hydrogen) atoms. The van der Waals surface area contributed by atoms with Gasteiger partial charge in [0.2, 0.25) is 0 Å². The third-order valence-corrected chi connectivity index (χ3v) is 7.98. The molecule has 130 valence electrons. The largest absolute Gasteiger partial charge is 0.185 e. The van der Waals surface area contributed by atoms with Gasteiger partial charge in [-0.05, 0) is 92.2 Å². The Morgan fingerprint density at radius 1 is 0.615 bits per heavy atom. The van der Waals surface area contributed by atoms with Gasteiger partial charge in [-0.15, -0.1) is 0 Å². The maximum atomic E-state index is 5.94. The summed E-state index contributed by atoms with van der Waals surface area (Å²) in [6, 6.07) is 19.8. The molecule has 0 unspecified atom stereocenters. The van der Waals surface area contributed by atoms with Crippen molar-refractivity contribution in [2.45, 2.75) is 10.1 Å².